The number of nitrogens with zero attached hydrogens (tertiary/aromatic N) is 1. The maximum Gasteiger partial charge on any atom is 0.411 e. The predicted molar refractivity (Wildman–Crippen MR) is 121 cm³/mol. The number of aryl methyl sites for hydroxylation is 1. The quantitative estimate of drug-likeness (QED) is 0.672. The molecule has 3 aliphatic rings. The lowest BCUT2D eigenvalue weighted by Crippen LogP contribution is -2.44. The van der Waals surface area contributed by atoms with E-state index in [2.05, 4.69) is 0 Å². The van der Waals surface area contributed by atoms with Crippen LogP contribution in [0.15, 0.2) is 70.5 Å². The van der Waals surface area contributed by atoms with Crippen molar-refractivity contribution in [2.45, 2.75) is 68.8 Å². The molecule has 8 heteroatoms. The van der Waals surface area contributed by atoms with Crippen LogP contribution in [0, 0.1) is 6.92 Å². The van der Waals surface area contributed by atoms with E-state index in [1.807, 2.05) is 37.3 Å². The summed E-state index contributed by atoms with van der Waals surface area (Å²) in [7, 11) is -3.84. The first-order valence-electron chi connectivity index (χ1n) is 11.0. The van der Waals surface area contributed by atoms with Crippen LogP contribution >= 0.6 is 0 Å². The number of hydrogen-bond acceptors (Lipinski definition) is 6. The van der Waals surface area contributed by atoms with Crippen molar-refractivity contribution in [2.75, 3.05) is 0 Å². The molecule has 0 aliphatic carbocycles. The largest absolute Gasteiger partial charge is 0.444 e. The highest BCUT2D eigenvalue weighted by atomic mass is 32.2. The molecule has 0 aromatic heterocycles. The van der Waals surface area contributed by atoms with Gasteiger partial charge in [-0.05, 0) is 45.9 Å². The van der Waals surface area contributed by atoms with Gasteiger partial charge in [0, 0.05) is 5.56 Å². The van der Waals surface area contributed by atoms with Gasteiger partial charge in [0.25, 0.3) is 0 Å². The van der Waals surface area contributed by atoms with Crippen molar-refractivity contribution in [2.24, 2.45) is 0 Å². The first-order chi connectivity index (χ1) is 15.6. The number of sulfone groups is 1. The normalized spacial score (nSPS) is 28.5. The monoisotopic (exact) mass is 469 g/mol. The summed E-state index contributed by atoms with van der Waals surface area (Å²) in [5.74, 6) is 0. The van der Waals surface area contributed by atoms with Crippen LogP contribution in [-0.2, 0) is 24.0 Å². The van der Waals surface area contributed by atoms with E-state index in [0.717, 1.165) is 11.1 Å². The second-order valence-electron chi connectivity index (χ2n) is 9.65. The molecule has 2 saturated heterocycles. The number of carbonyl (C=O) groups is 1. The molecule has 7 nitrogen and oxygen atoms in total. The summed E-state index contributed by atoms with van der Waals surface area (Å²) in [6, 6.07) is 14.8. The van der Waals surface area contributed by atoms with Crippen LogP contribution < -0.4 is 0 Å². The molecule has 3 heterocycles. The Morgan fingerprint density at radius 3 is 2.24 bits per heavy atom. The van der Waals surface area contributed by atoms with Crippen molar-refractivity contribution < 1.29 is 27.4 Å². The van der Waals surface area contributed by atoms with Gasteiger partial charge in [0.05, 0.1) is 15.8 Å². The van der Waals surface area contributed by atoms with Gasteiger partial charge in [0.1, 0.15) is 23.9 Å². The van der Waals surface area contributed by atoms with E-state index in [0.29, 0.717) is 0 Å². The van der Waals surface area contributed by atoms with Crippen molar-refractivity contribution in [1.29, 1.82) is 0 Å². The van der Waals surface area contributed by atoms with Crippen LogP contribution in [0.4, 0.5) is 4.79 Å². The highest BCUT2D eigenvalue weighted by Gasteiger charge is 2.64. The molecule has 174 valence electrons. The molecule has 2 bridgehead atoms. The van der Waals surface area contributed by atoms with Gasteiger partial charge in [-0.2, -0.15) is 0 Å². The number of ether oxygens (including phenoxy) is 3. The third-order valence-electron chi connectivity index (χ3n) is 6.10. The molecular formula is C25H27NO6S. The average molecular weight is 470 g/mol. The molecule has 0 spiro atoms. The van der Waals surface area contributed by atoms with Crippen molar-refractivity contribution in [3.05, 3.63) is 76.7 Å². The zero-order valence-corrected chi connectivity index (χ0v) is 19.8. The summed E-state index contributed by atoms with van der Waals surface area (Å²) in [6.07, 6.45) is -0.679. The molecule has 5 atom stereocenters. The Hall–Kier alpha value is -2.68. The smallest absolute Gasteiger partial charge is 0.411 e. The lowest BCUT2D eigenvalue weighted by atomic mass is 10.0. The third-order valence-corrected chi connectivity index (χ3v) is 7.99. The van der Waals surface area contributed by atoms with Crippen LogP contribution in [0.1, 0.15) is 38.2 Å². The summed E-state index contributed by atoms with van der Waals surface area (Å²) < 4.78 is 45.2. The predicted octanol–water partition coefficient (Wildman–Crippen LogP) is 4.14. The standard InChI is InChI=1S/C25H27NO6S/c1-15-10-12-17(13-11-15)33(28,29)19-14-18-21-22(20(19)26(18)24(27)32-25(2,3)4)31-23(30-21)16-8-6-5-7-9-16/h5-14,18,20-23H,1-4H3/t18-,20+,21-,22+,23?/m0/s1. The average Bonchev–Trinajstić information content (AvgIpc) is 3.43. The minimum absolute atomic E-state index is 0.153. The Morgan fingerprint density at radius 1 is 0.970 bits per heavy atom. The Morgan fingerprint density at radius 2 is 1.61 bits per heavy atom. The van der Waals surface area contributed by atoms with Crippen molar-refractivity contribution in [1.82, 2.24) is 4.90 Å². The topological polar surface area (TPSA) is 82.1 Å². The minimum atomic E-state index is -3.84. The van der Waals surface area contributed by atoms with E-state index in [4.69, 9.17) is 14.2 Å². The fourth-order valence-electron chi connectivity index (χ4n) is 4.66. The Balaban J connectivity index is 1.51. The molecule has 2 aromatic carbocycles. The van der Waals surface area contributed by atoms with Crippen molar-refractivity contribution in [3.63, 3.8) is 0 Å². The lowest BCUT2D eigenvalue weighted by Gasteiger charge is -2.30. The van der Waals surface area contributed by atoms with E-state index in [1.54, 1.807) is 51.1 Å². The molecule has 1 amide bonds. The highest BCUT2D eigenvalue weighted by molar-refractivity contribution is 7.95. The van der Waals surface area contributed by atoms with Crippen molar-refractivity contribution >= 4 is 15.9 Å². The SMILES string of the molecule is Cc1ccc(S(=O)(=O)C2=C[C@H]3[C@@H]4OC(c5ccccc5)O[C@@H]4[C@@H]2N3C(=O)OC(C)(C)C)cc1. The van der Waals surface area contributed by atoms with Gasteiger partial charge >= 0.3 is 6.09 Å². The molecule has 2 fully saturated rings. The number of benzene rings is 2. The number of amides is 1. The summed E-state index contributed by atoms with van der Waals surface area (Å²) >= 11 is 0. The first kappa shape index (κ1) is 22.1. The molecule has 0 saturated carbocycles. The first-order valence-corrected chi connectivity index (χ1v) is 12.5. The van der Waals surface area contributed by atoms with Gasteiger partial charge in [-0.3, -0.25) is 4.90 Å². The maximum atomic E-state index is 13.6. The van der Waals surface area contributed by atoms with Gasteiger partial charge in [-0.1, -0.05) is 48.0 Å². The highest BCUT2D eigenvalue weighted by Crippen LogP contribution is 2.50. The van der Waals surface area contributed by atoms with Gasteiger partial charge < -0.3 is 14.2 Å². The van der Waals surface area contributed by atoms with E-state index >= 15 is 0 Å². The van der Waals surface area contributed by atoms with Crippen LogP contribution in [0.5, 0.6) is 0 Å². The van der Waals surface area contributed by atoms with Crippen LogP contribution in [0.25, 0.3) is 0 Å². The number of rotatable bonds is 3. The fraction of sp³-hybridized carbons (Fsp3) is 0.400. The zero-order valence-electron chi connectivity index (χ0n) is 19.0. The Bertz CT molecular complexity index is 1200. The van der Waals surface area contributed by atoms with Gasteiger partial charge in [-0.15, -0.1) is 0 Å². The molecule has 5 rings (SSSR count). The molecule has 3 aliphatic heterocycles. The summed E-state index contributed by atoms with van der Waals surface area (Å²) in [6.45, 7) is 7.23. The van der Waals surface area contributed by atoms with E-state index < -0.39 is 52.1 Å². The van der Waals surface area contributed by atoms with E-state index in [-0.39, 0.29) is 9.80 Å². The minimum Gasteiger partial charge on any atom is -0.444 e. The molecule has 0 radical (unpaired) electrons. The summed E-state index contributed by atoms with van der Waals surface area (Å²) in [5.41, 5.74) is 1.08. The molecule has 1 unspecified atom stereocenters. The number of carbonyl (C=O) groups excluding carboxylic acids is 1. The summed E-state index contributed by atoms with van der Waals surface area (Å²) in [4.78, 5) is 14.9. The number of hydrogen-bond donors (Lipinski definition) is 0. The van der Waals surface area contributed by atoms with Gasteiger partial charge in [0.15, 0.2) is 6.29 Å². The fourth-order valence-corrected chi connectivity index (χ4v) is 6.31. The van der Waals surface area contributed by atoms with Gasteiger partial charge in [0.2, 0.25) is 9.84 Å². The molecule has 2 aromatic rings. The van der Waals surface area contributed by atoms with E-state index in [9.17, 15) is 13.2 Å². The van der Waals surface area contributed by atoms with Crippen LogP contribution in [-0.4, -0.2) is 49.3 Å². The second-order valence-corrected chi connectivity index (χ2v) is 11.6. The van der Waals surface area contributed by atoms with Gasteiger partial charge in [-0.25, -0.2) is 13.2 Å². The van der Waals surface area contributed by atoms with Crippen LogP contribution in [0.3, 0.4) is 0 Å². The number of fused-ring (bicyclic) bond motifs is 5. The lowest BCUT2D eigenvalue weighted by molar-refractivity contribution is -0.0917. The maximum absolute atomic E-state index is 13.6. The third kappa shape index (κ3) is 3.76. The Kier molecular flexibility index (Phi) is 5.15. The van der Waals surface area contributed by atoms with Crippen LogP contribution in [0.2, 0.25) is 0 Å². The molecule has 0 N–H and O–H groups in total. The molecule has 33 heavy (non-hydrogen) atoms. The Labute approximate surface area is 193 Å². The molecular weight excluding hydrogens is 442 g/mol. The van der Waals surface area contributed by atoms with E-state index in [1.165, 1.54) is 4.90 Å². The second kappa shape index (κ2) is 7.68. The zero-order chi connectivity index (χ0) is 23.5. The van der Waals surface area contributed by atoms with Crippen molar-refractivity contribution in [3.8, 4) is 0 Å². The summed E-state index contributed by atoms with van der Waals surface area (Å²) in [5, 5.41) is 0.